The molecule has 1 aromatic carbocycles. The summed E-state index contributed by atoms with van der Waals surface area (Å²) in [6.45, 7) is 8.85. The maximum atomic E-state index is 12.1. The number of anilines is 1. The van der Waals surface area contributed by atoms with Gasteiger partial charge < -0.3 is 15.4 Å². The molecule has 0 aromatic heterocycles. The predicted octanol–water partition coefficient (Wildman–Crippen LogP) is 2.22. The van der Waals surface area contributed by atoms with E-state index in [1.165, 1.54) is 0 Å². The van der Waals surface area contributed by atoms with E-state index in [9.17, 15) is 9.59 Å². The molecule has 0 unspecified atom stereocenters. The van der Waals surface area contributed by atoms with Crippen LogP contribution in [0.1, 0.15) is 45.7 Å². The Hall–Kier alpha value is -2.08. The van der Waals surface area contributed by atoms with E-state index in [0.717, 1.165) is 12.0 Å². The van der Waals surface area contributed by atoms with Gasteiger partial charge in [0.25, 0.3) is 5.91 Å². The topological polar surface area (TPSA) is 79.5 Å². The van der Waals surface area contributed by atoms with Crippen molar-refractivity contribution >= 4 is 17.5 Å². The highest BCUT2D eigenvalue weighted by molar-refractivity contribution is 5.95. The molecule has 0 saturated carbocycles. The van der Waals surface area contributed by atoms with Gasteiger partial charge in [-0.25, -0.2) is 0 Å². The fourth-order valence-corrected chi connectivity index (χ4v) is 2.55. The molecule has 2 rings (SSSR count). The van der Waals surface area contributed by atoms with Crippen LogP contribution < -0.4 is 20.7 Å². The van der Waals surface area contributed by atoms with Crippen LogP contribution in [0.2, 0.25) is 0 Å². The number of hydrogen-bond acceptors (Lipinski definition) is 4. The summed E-state index contributed by atoms with van der Waals surface area (Å²) in [7, 11) is 0. The van der Waals surface area contributed by atoms with Crippen molar-refractivity contribution in [2.75, 3.05) is 18.5 Å². The summed E-state index contributed by atoms with van der Waals surface area (Å²) in [5.41, 5.74) is 1.66. The minimum Gasteiger partial charge on any atom is -0.482 e. The largest absolute Gasteiger partial charge is 0.482 e. The Morgan fingerprint density at radius 3 is 2.75 bits per heavy atom. The predicted molar refractivity (Wildman–Crippen MR) is 94.0 cm³/mol. The average Bonchev–Trinajstić information content (AvgIpc) is 2.53. The molecule has 24 heavy (non-hydrogen) atoms. The second-order valence-electron chi connectivity index (χ2n) is 6.68. The lowest BCUT2D eigenvalue weighted by Crippen LogP contribution is -2.43. The number of amides is 2. The summed E-state index contributed by atoms with van der Waals surface area (Å²) in [6, 6.07) is 5.34. The number of carbonyl (C=O) groups excluding carboxylic acids is 2. The minimum atomic E-state index is -0.297. The first-order valence-corrected chi connectivity index (χ1v) is 8.47. The van der Waals surface area contributed by atoms with Gasteiger partial charge in [-0.15, -0.1) is 0 Å². The molecule has 0 aliphatic carbocycles. The van der Waals surface area contributed by atoms with Crippen LogP contribution in [-0.4, -0.2) is 31.0 Å². The number of carbonyl (C=O) groups is 2. The number of ether oxygens (including phenoxy) is 1. The fraction of sp³-hybridized carbons (Fsp3) is 0.556. The molecule has 0 spiro atoms. The number of nitrogens with one attached hydrogen (secondary N) is 3. The lowest BCUT2D eigenvalue weighted by Gasteiger charge is -2.23. The van der Waals surface area contributed by atoms with Gasteiger partial charge in [-0.1, -0.05) is 19.9 Å². The zero-order valence-electron chi connectivity index (χ0n) is 14.8. The molecule has 0 radical (unpaired) electrons. The van der Waals surface area contributed by atoms with Crippen LogP contribution in [0, 0.1) is 5.92 Å². The van der Waals surface area contributed by atoms with E-state index < -0.39 is 0 Å². The van der Waals surface area contributed by atoms with Gasteiger partial charge in [-0.3, -0.25) is 14.9 Å². The molecule has 0 bridgehead atoms. The van der Waals surface area contributed by atoms with Crippen LogP contribution in [0.3, 0.4) is 0 Å². The summed E-state index contributed by atoms with van der Waals surface area (Å²) in [5, 5.41) is 9.03. The van der Waals surface area contributed by atoms with Crippen LogP contribution in [-0.2, 0) is 9.59 Å². The Labute approximate surface area is 143 Å². The molecule has 6 heteroatoms. The van der Waals surface area contributed by atoms with Gasteiger partial charge in [0.05, 0.1) is 11.7 Å². The lowest BCUT2D eigenvalue weighted by atomic mass is 10.1. The maximum Gasteiger partial charge on any atom is 0.262 e. The van der Waals surface area contributed by atoms with Gasteiger partial charge in [-0.2, -0.15) is 0 Å². The number of fused-ring (bicyclic) bond motifs is 1. The smallest absolute Gasteiger partial charge is 0.262 e. The molecular weight excluding hydrogens is 306 g/mol. The van der Waals surface area contributed by atoms with Gasteiger partial charge in [0.15, 0.2) is 6.61 Å². The number of benzene rings is 1. The Morgan fingerprint density at radius 1 is 1.29 bits per heavy atom. The van der Waals surface area contributed by atoms with Crippen molar-refractivity contribution in [1.82, 2.24) is 10.6 Å². The van der Waals surface area contributed by atoms with Crippen molar-refractivity contribution < 1.29 is 14.3 Å². The molecular formula is C18H27N3O3. The van der Waals surface area contributed by atoms with E-state index in [4.69, 9.17) is 4.74 Å². The monoisotopic (exact) mass is 333 g/mol. The SMILES string of the molecule is CC(C)CCNC(=O)[C@@H](C)N[C@@H](C)c1ccc2c(c1)NC(=O)CO2. The van der Waals surface area contributed by atoms with Crippen molar-refractivity contribution in [3.8, 4) is 5.75 Å². The molecule has 6 nitrogen and oxygen atoms in total. The highest BCUT2D eigenvalue weighted by atomic mass is 16.5. The van der Waals surface area contributed by atoms with Crippen molar-refractivity contribution in [2.45, 2.75) is 46.2 Å². The molecule has 1 heterocycles. The zero-order chi connectivity index (χ0) is 17.7. The Balaban J connectivity index is 1.92. The highest BCUT2D eigenvalue weighted by Gasteiger charge is 2.20. The normalized spacial score (nSPS) is 16.0. The summed E-state index contributed by atoms with van der Waals surface area (Å²) >= 11 is 0. The molecule has 1 aliphatic heterocycles. The second-order valence-corrected chi connectivity index (χ2v) is 6.68. The standard InChI is InChI=1S/C18H27N3O3/c1-11(2)7-8-19-18(23)13(4)20-12(3)14-5-6-16-15(9-14)21-17(22)10-24-16/h5-6,9,11-13,20H,7-8,10H2,1-4H3,(H,19,23)(H,21,22)/t12-,13+/m0/s1. The van der Waals surface area contributed by atoms with Crippen molar-refractivity contribution in [3.05, 3.63) is 23.8 Å². The van der Waals surface area contributed by atoms with E-state index in [1.807, 2.05) is 32.0 Å². The van der Waals surface area contributed by atoms with Gasteiger partial charge in [0.2, 0.25) is 5.91 Å². The van der Waals surface area contributed by atoms with Crippen LogP contribution in [0.4, 0.5) is 5.69 Å². The van der Waals surface area contributed by atoms with Crippen molar-refractivity contribution in [1.29, 1.82) is 0 Å². The first kappa shape index (κ1) is 18.3. The molecule has 1 aromatic rings. The van der Waals surface area contributed by atoms with Crippen LogP contribution in [0.25, 0.3) is 0 Å². The molecule has 3 N–H and O–H groups in total. The summed E-state index contributed by atoms with van der Waals surface area (Å²) in [6.07, 6.45) is 0.971. The van der Waals surface area contributed by atoms with E-state index in [2.05, 4.69) is 29.8 Å². The molecule has 2 amide bonds. The van der Waals surface area contributed by atoms with E-state index in [1.54, 1.807) is 0 Å². The van der Waals surface area contributed by atoms with Crippen molar-refractivity contribution in [3.63, 3.8) is 0 Å². The zero-order valence-corrected chi connectivity index (χ0v) is 14.8. The van der Waals surface area contributed by atoms with Crippen LogP contribution in [0.15, 0.2) is 18.2 Å². The van der Waals surface area contributed by atoms with E-state index in [0.29, 0.717) is 23.9 Å². The average molecular weight is 333 g/mol. The first-order valence-electron chi connectivity index (χ1n) is 8.47. The third-order valence-corrected chi connectivity index (χ3v) is 4.05. The summed E-state index contributed by atoms with van der Waals surface area (Å²) in [4.78, 5) is 23.5. The molecule has 0 fully saturated rings. The molecule has 1 aliphatic rings. The third-order valence-electron chi connectivity index (χ3n) is 4.05. The Kier molecular flexibility index (Phi) is 6.20. The molecule has 0 saturated heterocycles. The third kappa shape index (κ3) is 4.96. The number of rotatable bonds is 7. The fourth-order valence-electron chi connectivity index (χ4n) is 2.55. The first-order chi connectivity index (χ1) is 11.4. The van der Waals surface area contributed by atoms with Gasteiger partial charge in [0, 0.05) is 12.6 Å². The van der Waals surface area contributed by atoms with Gasteiger partial charge in [0.1, 0.15) is 5.75 Å². The molecule has 2 atom stereocenters. The van der Waals surface area contributed by atoms with Gasteiger partial charge >= 0.3 is 0 Å². The van der Waals surface area contributed by atoms with E-state index in [-0.39, 0.29) is 30.5 Å². The lowest BCUT2D eigenvalue weighted by molar-refractivity contribution is -0.123. The summed E-state index contributed by atoms with van der Waals surface area (Å²) < 4.78 is 5.36. The summed E-state index contributed by atoms with van der Waals surface area (Å²) in [5.74, 6) is 1.08. The Bertz CT molecular complexity index is 601. The van der Waals surface area contributed by atoms with Crippen molar-refractivity contribution in [2.24, 2.45) is 5.92 Å². The van der Waals surface area contributed by atoms with E-state index >= 15 is 0 Å². The second kappa shape index (κ2) is 8.15. The van der Waals surface area contributed by atoms with Crippen LogP contribution in [0.5, 0.6) is 5.75 Å². The molecule has 132 valence electrons. The number of hydrogen-bond donors (Lipinski definition) is 3. The van der Waals surface area contributed by atoms with Gasteiger partial charge in [-0.05, 0) is 43.9 Å². The maximum absolute atomic E-state index is 12.1. The Morgan fingerprint density at radius 2 is 2.04 bits per heavy atom. The quantitative estimate of drug-likeness (QED) is 0.715. The highest BCUT2D eigenvalue weighted by Crippen LogP contribution is 2.30. The van der Waals surface area contributed by atoms with Crippen LogP contribution >= 0.6 is 0 Å². The minimum absolute atomic E-state index is 0.00269.